The van der Waals surface area contributed by atoms with Gasteiger partial charge in [0.25, 0.3) is 0 Å². The number of carbonyl (C=O) groups excluding carboxylic acids is 1. The Morgan fingerprint density at radius 3 is 2.75 bits per heavy atom. The van der Waals surface area contributed by atoms with Crippen molar-refractivity contribution in [2.75, 3.05) is 26.3 Å². The van der Waals surface area contributed by atoms with Gasteiger partial charge in [0.2, 0.25) is 5.78 Å². The van der Waals surface area contributed by atoms with Crippen molar-refractivity contribution in [1.29, 1.82) is 0 Å². The molecule has 1 N–H and O–H groups in total. The van der Waals surface area contributed by atoms with E-state index in [-0.39, 0.29) is 17.3 Å². The Morgan fingerprint density at radius 1 is 1.17 bits per heavy atom. The molecule has 24 heavy (non-hydrogen) atoms. The Labute approximate surface area is 138 Å². The number of phenolic OH excluding ortho intramolecular Hbond substituents is 1. The number of hydrogen-bond acceptors (Lipinski definition) is 6. The molecule has 0 spiro atoms. The van der Waals surface area contributed by atoms with Crippen LogP contribution in [0.25, 0.3) is 11.0 Å². The zero-order valence-corrected chi connectivity index (χ0v) is 13.0. The molecule has 1 fully saturated rings. The molecule has 0 atom stereocenters. The molecular formula is C18H17NO5. The highest BCUT2D eigenvalue weighted by Gasteiger charge is 2.23. The lowest BCUT2D eigenvalue weighted by atomic mass is 10.0. The molecule has 0 unspecified atom stereocenters. The summed E-state index contributed by atoms with van der Waals surface area (Å²) in [5.74, 6) is 0.148. The van der Waals surface area contributed by atoms with Crippen LogP contribution in [0.5, 0.6) is 5.75 Å². The molecule has 1 aliphatic heterocycles. The number of phenols is 1. The van der Waals surface area contributed by atoms with Gasteiger partial charge >= 0.3 is 0 Å². The van der Waals surface area contributed by atoms with Crippen LogP contribution in [-0.2, 0) is 11.3 Å². The van der Waals surface area contributed by atoms with Gasteiger partial charge in [-0.3, -0.25) is 9.69 Å². The quantitative estimate of drug-likeness (QED) is 0.743. The number of furan rings is 2. The maximum atomic E-state index is 12.7. The van der Waals surface area contributed by atoms with Gasteiger partial charge in [0.05, 0.1) is 25.0 Å². The number of rotatable bonds is 4. The minimum Gasteiger partial charge on any atom is -0.508 e. The number of ketones is 1. The first kappa shape index (κ1) is 15.0. The molecular weight excluding hydrogens is 310 g/mol. The Balaban J connectivity index is 1.78. The predicted molar refractivity (Wildman–Crippen MR) is 86.1 cm³/mol. The molecule has 6 nitrogen and oxygen atoms in total. The first-order valence-electron chi connectivity index (χ1n) is 7.84. The molecule has 0 amide bonds. The van der Waals surface area contributed by atoms with Crippen LogP contribution in [0.2, 0.25) is 0 Å². The van der Waals surface area contributed by atoms with Crippen LogP contribution in [-0.4, -0.2) is 42.1 Å². The maximum Gasteiger partial charge on any atom is 0.232 e. The average Bonchev–Trinajstić information content (AvgIpc) is 3.27. The van der Waals surface area contributed by atoms with Crippen LogP contribution in [0, 0.1) is 0 Å². The Morgan fingerprint density at radius 2 is 2.00 bits per heavy atom. The van der Waals surface area contributed by atoms with Gasteiger partial charge in [-0.25, -0.2) is 0 Å². The van der Waals surface area contributed by atoms with Gasteiger partial charge in [0.1, 0.15) is 17.6 Å². The molecule has 1 saturated heterocycles. The van der Waals surface area contributed by atoms with Crippen molar-refractivity contribution in [2.24, 2.45) is 0 Å². The second kappa shape index (κ2) is 6.14. The molecule has 4 rings (SSSR count). The molecule has 3 heterocycles. The van der Waals surface area contributed by atoms with Crippen LogP contribution in [0.15, 0.2) is 45.6 Å². The molecule has 0 aliphatic carbocycles. The highest BCUT2D eigenvalue weighted by Crippen LogP contribution is 2.33. The number of nitrogens with zero attached hydrogens (tertiary/aromatic N) is 1. The molecule has 2 aromatic heterocycles. The van der Waals surface area contributed by atoms with E-state index in [0.29, 0.717) is 41.9 Å². The summed E-state index contributed by atoms with van der Waals surface area (Å²) in [5, 5.41) is 11.0. The summed E-state index contributed by atoms with van der Waals surface area (Å²) < 4.78 is 16.1. The van der Waals surface area contributed by atoms with Crippen LogP contribution < -0.4 is 0 Å². The van der Waals surface area contributed by atoms with Crippen molar-refractivity contribution in [3.8, 4) is 5.75 Å². The van der Waals surface area contributed by atoms with Crippen molar-refractivity contribution < 1.29 is 23.5 Å². The molecule has 0 saturated carbocycles. The van der Waals surface area contributed by atoms with Crippen molar-refractivity contribution in [3.63, 3.8) is 0 Å². The smallest absolute Gasteiger partial charge is 0.232 e. The fourth-order valence-corrected chi connectivity index (χ4v) is 3.04. The van der Waals surface area contributed by atoms with E-state index < -0.39 is 0 Å². The molecule has 1 aromatic carbocycles. The second-order valence-electron chi connectivity index (χ2n) is 5.78. The van der Waals surface area contributed by atoms with E-state index in [1.165, 1.54) is 12.5 Å². The third kappa shape index (κ3) is 2.60. The maximum absolute atomic E-state index is 12.7. The third-order valence-electron chi connectivity index (χ3n) is 4.30. The summed E-state index contributed by atoms with van der Waals surface area (Å²) in [5.41, 5.74) is 1.67. The van der Waals surface area contributed by atoms with Gasteiger partial charge in [0.15, 0.2) is 5.76 Å². The van der Waals surface area contributed by atoms with Crippen LogP contribution in [0.4, 0.5) is 0 Å². The van der Waals surface area contributed by atoms with E-state index in [9.17, 15) is 9.90 Å². The van der Waals surface area contributed by atoms with E-state index in [1.54, 1.807) is 24.3 Å². The van der Waals surface area contributed by atoms with Crippen LogP contribution in [0.1, 0.15) is 21.7 Å². The standard InChI is InChI=1S/C18H17NO5/c20-14-3-4-15-17(12(14)10-19-5-8-22-9-6-19)13(11-24-15)18(21)16-2-1-7-23-16/h1-4,7,11,20H,5-6,8-10H2. The number of benzene rings is 1. The molecule has 3 aromatic rings. The van der Waals surface area contributed by atoms with E-state index in [1.807, 2.05) is 0 Å². The van der Waals surface area contributed by atoms with Crippen LogP contribution in [0.3, 0.4) is 0 Å². The highest BCUT2D eigenvalue weighted by atomic mass is 16.5. The van der Waals surface area contributed by atoms with Crippen molar-refractivity contribution >= 4 is 16.8 Å². The van der Waals surface area contributed by atoms with Gasteiger partial charge in [-0.2, -0.15) is 0 Å². The highest BCUT2D eigenvalue weighted by molar-refractivity contribution is 6.15. The number of morpholine rings is 1. The van der Waals surface area contributed by atoms with E-state index >= 15 is 0 Å². The summed E-state index contributed by atoms with van der Waals surface area (Å²) in [6.07, 6.45) is 2.89. The van der Waals surface area contributed by atoms with E-state index in [0.717, 1.165) is 13.1 Å². The minimum atomic E-state index is -0.257. The molecule has 124 valence electrons. The summed E-state index contributed by atoms with van der Waals surface area (Å²) in [4.78, 5) is 14.9. The Kier molecular flexibility index (Phi) is 3.84. The number of carbonyl (C=O) groups is 1. The monoisotopic (exact) mass is 327 g/mol. The Hall–Kier alpha value is -2.57. The molecule has 6 heteroatoms. The number of ether oxygens (including phenoxy) is 1. The second-order valence-corrected chi connectivity index (χ2v) is 5.78. The van der Waals surface area contributed by atoms with Crippen molar-refractivity contribution in [1.82, 2.24) is 4.90 Å². The number of hydrogen-bond donors (Lipinski definition) is 1. The lowest BCUT2D eigenvalue weighted by molar-refractivity contribution is 0.0340. The zero-order valence-electron chi connectivity index (χ0n) is 13.0. The largest absolute Gasteiger partial charge is 0.508 e. The summed E-state index contributed by atoms with van der Waals surface area (Å²) in [6.45, 7) is 3.44. The van der Waals surface area contributed by atoms with Gasteiger partial charge in [-0.05, 0) is 24.3 Å². The summed E-state index contributed by atoms with van der Waals surface area (Å²) in [7, 11) is 0. The first-order valence-corrected chi connectivity index (χ1v) is 7.84. The van der Waals surface area contributed by atoms with Gasteiger partial charge in [0, 0.05) is 30.6 Å². The van der Waals surface area contributed by atoms with Crippen LogP contribution >= 0.6 is 0 Å². The summed E-state index contributed by atoms with van der Waals surface area (Å²) in [6, 6.07) is 6.56. The van der Waals surface area contributed by atoms with Crippen molar-refractivity contribution in [2.45, 2.75) is 6.54 Å². The normalized spacial score (nSPS) is 15.8. The number of aromatic hydroxyl groups is 1. The van der Waals surface area contributed by atoms with Gasteiger partial charge in [-0.15, -0.1) is 0 Å². The predicted octanol–water partition coefficient (Wildman–Crippen LogP) is 2.79. The lowest BCUT2D eigenvalue weighted by Crippen LogP contribution is -2.35. The van der Waals surface area contributed by atoms with Gasteiger partial charge < -0.3 is 18.7 Å². The average molecular weight is 327 g/mol. The van der Waals surface area contributed by atoms with Crippen molar-refractivity contribution in [3.05, 3.63) is 53.7 Å². The molecule has 1 aliphatic rings. The van der Waals surface area contributed by atoms with Gasteiger partial charge in [-0.1, -0.05) is 0 Å². The minimum absolute atomic E-state index is 0.156. The zero-order chi connectivity index (χ0) is 16.5. The third-order valence-corrected chi connectivity index (χ3v) is 4.30. The topological polar surface area (TPSA) is 76.0 Å². The molecule has 0 bridgehead atoms. The molecule has 0 radical (unpaired) electrons. The fourth-order valence-electron chi connectivity index (χ4n) is 3.04. The number of fused-ring (bicyclic) bond motifs is 1. The van der Waals surface area contributed by atoms with E-state index in [4.69, 9.17) is 13.6 Å². The first-order chi connectivity index (χ1) is 11.7. The SMILES string of the molecule is O=C(c1ccco1)c1coc2ccc(O)c(CN3CCOCC3)c12. The summed E-state index contributed by atoms with van der Waals surface area (Å²) >= 11 is 0. The fraction of sp³-hybridized carbons (Fsp3) is 0.278. The lowest BCUT2D eigenvalue weighted by Gasteiger charge is -2.27. The Bertz CT molecular complexity index is 859. The van der Waals surface area contributed by atoms with E-state index in [2.05, 4.69) is 4.90 Å².